The maximum absolute atomic E-state index is 6.12. The van der Waals surface area contributed by atoms with E-state index >= 15 is 0 Å². The van der Waals surface area contributed by atoms with Crippen LogP contribution in [-0.4, -0.2) is 20.5 Å². The minimum Gasteiger partial charge on any atom is -0.373 e. The van der Waals surface area contributed by atoms with E-state index in [-0.39, 0.29) is 5.41 Å². The fraction of sp³-hybridized carbons (Fsp3) is 0.458. The van der Waals surface area contributed by atoms with Crippen molar-refractivity contribution in [1.29, 1.82) is 0 Å². The average Bonchev–Trinajstić information content (AvgIpc) is 3.18. The molecule has 1 saturated carbocycles. The minimum atomic E-state index is 0.0297. The van der Waals surface area contributed by atoms with Gasteiger partial charge in [-0.3, -0.25) is 0 Å². The molecule has 3 aromatic rings. The number of benzene rings is 1. The van der Waals surface area contributed by atoms with Crippen molar-refractivity contribution in [3.05, 3.63) is 71.2 Å². The maximum atomic E-state index is 6.12. The van der Waals surface area contributed by atoms with Crippen LogP contribution in [0.4, 0.5) is 0 Å². The lowest BCUT2D eigenvalue weighted by Gasteiger charge is -2.36. The van der Waals surface area contributed by atoms with E-state index in [9.17, 15) is 0 Å². The van der Waals surface area contributed by atoms with Crippen LogP contribution in [0.2, 0.25) is 0 Å². The van der Waals surface area contributed by atoms with Gasteiger partial charge in [-0.15, -0.1) is 0 Å². The molecule has 1 aliphatic carbocycles. The number of nitrogens with zero attached hydrogens (tertiary/aromatic N) is 3. The Morgan fingerprint density at radius 2 is 1.64 bits per heavy atom. The average molecular weight is 378 g/mol. The third kappa shape index (κ3) is 3.66. The molecule has 0 atom stereocenters. The van der Waals surface area contributed by atoms with Crippen molar-refractivity contribution >= 4 is 0 Å². The Labute approximate surface area is 168 Å². The van der Waals surface area contributed by atoms with Crippen LogP contribution in [0.15, 0.2) is 48.5 Å². The molecule has 0 bridgehead atoms. The van der Waals surface area contributed by atoms with Gasteiger partial charge >= 0.3 is 0 Å². The first-order valence-electron chi connectivity index (χ1n) is 10.2. The first-order valence-corrected chi connectivity index (χ1v) is 10.2. The molecule has 0 unspecified atom stereocenters. The zero-order valence-electron chi connectivity index (χ0n) is 17.6. The predicted molar refractivity (Wildman–Crippen MR) is 113 cm³/mol. The van der Waals surface area contributed by atoms with Gasteiger partial charge in [0, 0.05) is 22.9 Å². The molecule has 0 aliphatic heterocycles. The van der Waals surface area contributed by atoms with Crippen LogP contribution in [0.25, 0.3) is 5.82 Å². The minimum absolute atomic E-state index is 0.0297. The molecule has 1 fully saturated rings. The lowest BCUT2D eigenvalue weighted by molar-refractivity contribution is -0.0384. The maximum Gasteiger partial charge on any atom is 0.135 e. The second-order valence-corrected chi connectivity index (χ2v) is 9.08. The molecule has 2 aromatic heterocycles. The molecule has 4 heteroatoms. The Morgan fingerprint density at radius 1 is 1.00 bits per heavy atom. The van der Waals surface area contributed by atoms with Gasteiger partial charge in [-0.05, 0) is 44.4 Å². The molecule has 4 nitrogen and oxygen atoms in total. The van der Waals surface area contributed by atoms with Gasteiger partial charge < -0.3 is 9.30 Å². The highest BCUT2D eigenvalue weighted by Crippen LogP contribution is 2.38. The Morgan fingerprint density at radius 3 is 2.25 bits per heavy atom. The summed E-state index contributed by atoms with van der Waals surface area (Å²) in [7, 11) is 0. The zero-order chi connectivity index (χ0) is 19.9. The van der Waals surface area contributed by atoms with Gasteiger partial charge in [-0.1, -0.05) is 51.1 Å². The highest BCUT2D eigenvalue weighted by atomic mass is 16.5. The number of hydrogen-bond donors (Lipinski definition) is 0. The van der Waals surface area contributed by atoms with Gasteiger partial charge in [0.25, 0.3) is 0 Å². The number of aryl methyl sites for hydroxylation is 2. The Kier molecular flexibility index (Phi) is 4.92. The smallest absolute Gasteiger partial charge is 0.135 e. The first-order chi connectivity index (χ1) is 13.3. The van der Waals surface area contributed by atoms with Crippen molar-refractivity contribution in [1.82, 2.24) is 14.3 Å². The summed E-state index contributed by atoms with van der Waals surface area (Å²) >= 11 is 0. The summed E-state index contributed by atoms with van der Waals surface area (Å²) in [5.41, 5.74) is 4.90. The second kappa shape index (κ2) is 7.25. The molecule has 28 heavy (non-hydrogen) atoms. The summed E-state index contributed by atoms with van der Waals surface area (Å²) in [6, 6.07) is 17.4. The molecule has 0 radical (unpaired) electrons. The van der Waals surface area contributed by atoms with Gasteiger partial charge in [-0.2, -0.15) is 5.10 Å². The Bertz CT molecular complexity index is 921. The van der Waals surface area contributed by atoms with Crippen LogP contribution < -0.4 is 0 Å². The van der Waals surface area contributed by atoms with E-state index in [0.717, 1.165) is 18.5 Å². The molecule has 0 spiro atoms. The predicted octanol–water partition coefficient (Wildman–Crippen LogP) is 5.51. The van der Waals surface area contributed by atoms with Crippen molar-refractivity contribution < 1.29 is 4.74 Å². The van der Waals surface area contributed by atoms with Crippen molar-refractivity contribution in [2.75, 3.05) is 0 Å². The van der Waals surface area contributed by atoms with E-state index in [1.165, 1.54) is 22.8 Å². The summed E-state index contributed by atoms with van der Waals surface area (Å²) in [5.74, 6) is 1.18. The summed E-state index contributed by atoms with van der Waals surface area (Å²) in [5, 5.41) is 5.03. The van der Waals surface area contributed by atoms with Crippen molar-refractivity contribution in [2.45, 2.75) is 71.6 Å². The van der Waals surface area contributed by atoms with E-state index in [2.05, 4.69) is 86.3 Å². The summed E-state index contributed by atoms with van der Waals surface area (Å²) in [6.45, 7) is 11.7. The van der Waals surface area contributed by atoms with Gasteiger partial charge in [0.2, 0.25) is 0 Å². The molecule has 4 rings (SSSR count). The van der Waals surface area contributed by atoms with Crippen molar-refractivity contribution in [3.8, 4) is 5.82 Å². The molecular weight excluding hydrogens is 346 g/mol. The monoisotopic (exact) mass is 377 g/mol. The van der Waals surface area contributed by atoms with Gasteiger partial charge in [-0.25, -0.2) is 4.68 Å². The van der Waals surface area contributed by atoms with Gasteiger partial charge in [0.1, 0.15) is 5.82 Å². The molecule has 2 heterocycles. The largest absolute Gasteiger partial charge is 0.373 e. The Hall–Kier alpha value is -2.33. The summed E-state index contributed by atoms with van der Waals surface area (Å²) in [4.78, 5) is 0. The summed E-state index contributed by atoms with van der Waals surface area (Å²) in [6.07, 6.45) is 2.35. The normalized spacial score (nSPS) is 19.6. The van der Waals surface area contributed by atoms with Crippen molar-refractivity contribution in [3.63, 3.8) is 0 Å². The van der Waals surface area contributed by atoms with E-state index in [0.29, 0.717) is 18.8 Å². The number of ether oxygens (including phenoxy) is 1. The molecule has 0 amide bonds. The highest BCUT2D eigenvalue weighted by molar-refractivity contribution is 5.36. The quantitative estimate of drug-likeness (QED) is 0.587. The fourth-order valence-corrected chi connectivity index (χ4v) is 3.88. The number of rotatable bonds is 5. The topological polar surface area (TPSA) is 32.0 Å². The van der Waals surface area contributed by atoms with Crippen LogP contribution in [0.1, 0.15) is 62.3 Å². The standard InChI is InChI=1S/C24H31N3O/c1-17-11-12-18(2)26(17)23-15-22(24(3,4)5)25-27(23)20-13-21(14-20)28-16-19-9-7-6-8-10-19/h6-12,15,20-21H,13-14,16H2,1-5H3. The lowest BCUT2D eigenvalue weighted by atomic mass is 9.89. The molecule has 1 aliphatic rings. The van der Waals surface area contributed by atoms with E-state index in [1.54, 1.807) is 0 Å². The van der Waals surface area contributed by atoms with E-state index in [4.69, 9.17) is 9.84 Å². The Balaban J connectivity index is 1.52. The molecule has 1 aromatic carbocycles. The second-order valence-electron chi connectivity index (χ2n) is 9.08. The fourth-order valence-electron chi connectivity index (χ4n) is 3.88. The van der Waals surface area contributed by atoms with Crippen LogP contribution in [0, 0.1) is 13.8 Å². The molecule has 0 saturated heterocycles. The first kappa shape index (κ1) is 19.0. The van der Waals surface area contributed by atoms with E-state index < -0.39 is 0 Å². The van der Waals surface area contributed by atoms with Crippen LogP contribution >= 0.6 is 0 Å². The van der Waals surface area contributed by atoms with Crippen LogP contribution in [0.5, 0.6) is 0 Å². The van der Waals surface area contributed by atoms with Crippen molar-refractivity contribution in [2.24, 2.45) is 0 Å². The van der Waals surface area contributed by atoms with Crippen LogP contribution in [-0.2, 0) is 16.8 Å². The highest BCUT2D eigenvalue weighted by Gasteiger charge is 2.35. The third-order valence-corrected chi connectivity index (χ3v) is 5.73. The number of aromatic nitrogens is 3. The number of hydrogen-bond acceptors (Lipinski definition) is 2. The molecule has 0 N–H and O–H groups in total. The molecular formula is C24H31N3O. The lowest BCUT2D eigenvalue weighted by Crippen LogP contribution is -2.35. The molecule has 148 valence electrons. The third-order valence-electron chi connectivity index (χ3n) is 5.73. The van der Waals surface area contributed by atoms with E-state index in [1.807, 2.05) is 6.07 Å². The van der Waals surface area contributed by atoms with Gasteiger partial charge in [0.05, 0.1) is 24.4 Å². The summed E-state index contributed by atoms with van der Waals surface area (Å²) < 4.78 is 10.7. The SMILES string of the molecule is Cc1ccc(C)n1-c1cc(C(C)(C)C)nn1C1CC(OCc2ccccc2)C1. The van der Waals surface area contributed by atoms with Gasteiger partial charge in [0.15, 0.2) is 0 Å². The zero-order valence-corrected chi connectivity index (χ0v) is 17.6. The van der Waals surface area contributed by atoms with Crippen LogP contribution in [0.3, 0.4) is 0 Å².